The van der Waals surface area contributed by atoms with E-state index in [0.29, 0.717) is 26.4 Å². The highest BCUT2D eigenvalue weighted by Gasteiger charge is 2.10. The summed E-state index contributed by atoms with van der Waals surface area (Å²) < 4.78 is 15.9. The van der Waals surface area contributed by atoms with E-state index in [-0.39, 0.29) is 6.04 Å². The first-order valence-corrected chi connectivity index (χ1v) is 6.57. The van der Waals surface area contributed by atoms with E-state index in [1.54, 1.807) is 7.11 Å². The number of benzene rings is 1. The summed E-state index contributed by atoms with van der Waals surface area (Å²) in [6.07, 6.45) is 0.801. The minimum absolute atomic E-state index is 0.0583. The highest BCUT2D eigenvalue weighted by molar-refractivity contribution is 5.30. The third-order valence-corrected chi connectivity index (χ3v) is 2.76. The van der Waals surface area contributed by atoms with Gasteiger partial charge in [-0.25, -0.2) is 0 Å². The first-order valence-electron chi connectivity index (χ1n) is 6.57. The lowest BCUT2D eigenvalue weighted by Crippen LogP contribution is -2.29. The molecular weight excluding hydrogens is 244 g/mol. The van der Waals surface area contributed by atoms with Crippen molar-refractivity contribution in [3.8, 4) is 5.75 Å². The van der Waals surface area contributed by atoms with Crippen molar-refractivity contribution < 1.29 is 14.2 Å². The molecule has 0 aliphatic rings. The van der Waals surface area contributed by atoms with Crippen LogP contribution in [0.25, 0.3) is 0 Å². The molecule has 0 aliphatic carbocycles. The Morgan fingerprint density at radius 3 is 2.79 bits per heavy atom. The van der Waals surface area contributed by atoms with Crippen molar-refractivity contribution in [1.29, 1.82) is 0 Å². The minimum atomic E-state index is 0.0583. The van der Waals surface area contributed by atoms with Crippen molar-refractivity contribution in [3.63, 3.8) is 0 Å². The van der Waals surface area contributed by atoms with Crippen molar-refractivity contribution in [3.05, 3.63) is 29.8 Å². The monoisotopic (exact) mass is 268 g/mol. The lowest BCUT2D eigenvalue weighted by Gasteiger charge is -2.17. The second-order valence-corrected chi connectivity index (χ2v) is 4.12. The Morgan fingerprint density at radius 2 is 2.11 bits per heavy atom. The van der Waals surface area contributed by atoms with Gasteiger partial charge in [0, 0.05) is 19.8 Å². The molecule has 3 N–H and O–H groups in total. The van der Waals surface area contributed by atoms with Crippen LogP contribution in [0.15, 0.2) is 24.3 Å². The summed E-state index contributed by atoms with van der Waals surface area (Å²) in [5.41, 5.74) is 3.91. The van der Waals surface area contributed by atoms with E-state index in [1.165, 1.54) is 0 Å². The van der Waals surface area contributed by atoms with Crippen LogP contribution in [0.3, 0.4) is 0 Å². The maximum Gasteiger partial charge on any atom is 0.119 e. The van der Waals surface area contributed by atoms with Gasteiger partial charge in [-0.05, 0) is 31.0 Å². The normalized spacial score (nSPS) is 12.4. The van der Waals surface area contributed by atoms with Crippen LogP contribution in [0.1, 0.15) is 24.9 Å². The van der Waals surface area contributed by atoms with Gasteiger partial charge in [0.1, 0.15) is 5.75 Å². The third-order valence-electron chi connectivity index (χ3n) is 2.76. The predicted molar refractivity (Wildman–Crippen MR) is 75.0 cm³/mol. The van der Waals surface area contributed by atoms with Crippen molar-refractivity contribution >= 4 is 0 Å². The van der Waals surface area contributed by atoms with Crippen LogP contribution in [0.2, 0.25) is 0 Å². The third kappa shape index (κ3) is 6.02. The molecule has 0 saturated carbocycles. The van der Waals surface area contributed by atoms with Gasteiger partial charge in [-0.3, -0.25) is 11.3 Å². The molecule has 1 rings (SSSR count). The van der Waals surface area contributed by atoms with Crippen molar-refractivity contribution in [1.82, 2.24) is 5.43 Å². The van der Waals surface area contributed by atoms with Crippen LogP contribution < -0.4 is 16.0 Å². The number of ether oxygens (including phenoxy) is 3. The average Bonchev–Trinajstić information content (AvgIpc) is 2.43. The number of nitrogens with two attached hydrogens (primary N) is 1. The fourth-order valence-electron chi connectivity index (χ4n) is 1.78. The largest absolute Gasteiger partial charge is 0.494 e. The summed E-state index contributed by atoms with van der Waals surface area (Å²) in [6.45, 7) is 4.48. The second kappa shape index (κ2) is 9.75. The Labute approximate surface area is 115 Å². The van der Waals surface area contributed by atoms with Gasteiger partial charge in [-0.2, -0.15) is 0 Å². The van der Waals surface area contributed by atoms with E-state index >= 15 is 0 Å². The van der Waals surface area contributed by atoms with E-state index in [9.17, 15) is 0 Å². The molecule has 0 spiro atoms. The lowest BCUT2D eigenvalue weighted by molar-refractivity contribution is 0.0657. The number of methoxy groups -OCH3 is 1. The molecule has 0 fully saturated rings. The van der Waals surface area contributed by atoms with Crippen LogP contribution in [-0.2, 0) is 9.47 Å². The summed E-state index contributed by atoms with van der Waals surface area (Å²) in [5.74, 6) is 6.46. The highest BCUT2D eigenvalue weighted by atomic mass is 16.5. The Kier molecular flexibility index (Phi) is 8.16. The number of hydrogen-bond acceptors (Lipinski definition) is 5. The number of nitrogens with one attached hydrogen (secondary N) is 1. The van der Waals surface area contributed by atoms with Crippen molar-refractivity contribution in [2.24, 2.45) is 5.84 Å². The molecule has 1 atom stereocenters. The zero-order valence-electron chi connectivity index (χ0n) is 11.7. The molecule has 0 amide bonds. The topological polar surface area (TPSA) is 65.7 Å². The van der Waals surface area contributed by atoms with Gasteiger partial charge in [0.2, 0.25) is 0 Å². The number of hydrazine groups is 1. The molecule has 19 heavy (non-hydrogen) atoms. The van der Waals surface area contributed by atoms with E-state index in [1.807, 2.05) is 31.2 Å². The van der Waals surface area contributed by atoms with Gasteiger partial charge in [0.25, 0.3) is 0 Å². The summed E-state index contributed by atoms with van der Waals surface area (Å²) in [4.78, 5) is 0. The fourth-order valence-corrected chi connectivity index (χ4v) is 1.78. The van der Waals surface area contributed by atoms with Crippen LogP contribution in [0.5, 0.6) is 5.75 Å². The molecule has 108 valence electrons. The maximum absolute atomic E-state index is 5.60. The van der Waals surface area contributed by atoms with Crippen molar-refractivity contribution in [2.45, 2.75) is 19.4 Å². The molecule has 0 aliphatic heterocycles. The molecular formula is C14H24N2O3. The van der Waals surface area contributed by atoms with Gasteiger partial charge < -0.3 is 14.2 Å². The van der Waals surface area contributed by atoms with Crippen LogP contribution in [-0.4, -0.2) is 33.5 Å². The first kappa shape index (κ1) is 15.9. The standard InChI is InChI=1S/C14H24N2O3/c1-3-19-13-6-4-5-12(11-13)14(16-15)7-8-18-10-9-17-2/h4-6,11,14,16H,3,7-10,15H2,1-2H3. The van der Waals surface area contributed by atoms with E-state index in [0.717, 1.165) is 17.7 Å². The zero-order chi connectivity index (χ0) is 13.9. The van der Waals surface area contributed by atoms with Crippen LogP contribution in [0.4, 0.5) is 0 Å². The van der Waals surface area contributed by atoms with E-state index in [4.69, 9.17) is 20.1 Å². The molecule has 1 aromatic carbocycles. The quantitative estimate of drug-likeness (QED) is 0.384. The Hall–Kier alpha value is -1.14. The molecule has 0 aromatic heterocycles. The predicted octanol–water partition coefficient (Wildman–Crippen LogP) is 1.64. The molecule has 0 bridgehead atoms. The Morgan fingerprint density at radius 1 is 1.26 bits per heavy atom. The van der Waals surface area contributed by atoms with Crippen molar-refractivity contribution in [2.75, 3.05) is 33.5 Å². The smallest absolute Gasteiger partial charge is 0.119 e. The Balaban J connectivity index is 2.46. The number of rotatable bonds is 10. The maximum atomic E-state index is 5.60. The molecule has 5 nitrogen and oxygen atoms in total. The molecule has 0 heterocycles. The molecule has 5 heteroatoms. The molecule has 0 saturated heterocycles. The SMILES string of the molecule is CCOc1cccc(C(CCOCCOC)NN)c1. The average molecular weight is 268 g/mol. The minimum Gasteiger partial charge on any atom is -0.494 e. The van der Waals surface area contributed by atoms with Crippen LogP contribution >= 0.6 is 0 Å². The van der Waals surface area contributed by atoms with Gasteiger partial charge in [0.05, 0.1) is 19.8 Å². The number of hydrogen-bond donors (Lipinski definition) is 2. The highest BCUT2D eigenvalue weighted by Crippen LogP contribution is 2.21. The molecule has 0 radical (unpaired) electrons. The second-order valence-electron chi connectivity index (χ2n) is 4.12. The Bertz CT molecular complexity index is 347. The van der Waals surface area contributed by atoms with E-state index in [2.05, 4.69) is 5.43 Å². The molecule has 1 unspecified atom stereocenters. The van der Waals surface area contributed by atoms with Gasteiger partial charge in [0.15, 0.2) is 0 Å². The van der Waals surface area contributed by atoms with E-state index < -0.39 is 0 Å². The summed E-state index contributed by atoms with van der Waals surface area (Å²) >= 11 is 0. The van der Waals surface area contributed by atoms with Crippen LogP contribution in [0, 0.1) is 0 Å². The lowest BCUT2D eigenvalue weighted by atomic mass is 10.0. The zero-order valence-corrected chi connectivity index (χ0v) is 11.7. The summed E-state index contributed by atoms with van der Waals surface area (Å²) in [7, 11) is 1.66. The summed E-state index contributed by atoms with van der Waals surface area (Å²) in [5, 5.41) is 0. The first-order chi connectivity index (χ1) is 9.31. The molecule has 1 aromatic rings. The van der Waals surface area contributed by atoms with Gasteiger partial charge >= 0.3 is 0 Å². The van der Waals surface area contributed by atoms with Gasteiger partial charge in [-0.1, -0.05) is 12.1 Å². The van der Waals surface area contributed by atoms with Gasteiger partial charge in [-0.15, -0.1) is 0 Å². The summed E-state index contributed by atoms with van der Waals surface area (Å²) in [6, 6.07) is 8.00. The fraction of sp³-hybridized carbons (Fsp3) is 0.571.